The smallest absolute Gasteiger partial charge is 0.326 e. The third-order valence-electron chi connectivity index (χ3n) is 8.77. The maximum absolute atomic E-state index is 13.5. The molecular formula is C37H47NO6S. The third kappa shape index (κ3) is 10.1. The van der Waals surface area contributed by atoms with E-state index in [2.05, 4.69) is 5.32 Å². The highest BCUT2D eigenvalue weighted by molar-refractivity contribution is 7.98. The molecule has 4 rings (SSSR count). The first kappa shape index (κ1) is 34.5. The summed E-state index contributed by atoms with van der Waals surface area (Å²) in [6.45, 7) is 2.43. The lowest BCUT2D eigenvalue weighted by atomic mass is 9.84. The summed E-state index contributed by atoms with van der Waals surface area (Å²) in [7, 11) is 1.65. The average Bonchev–Trinajstić information content (AvgIpc) is 3.06. The number of aliphatic hydroxyl groups excluding tert-OH is 1. The number of hydrogen-bond donors (Lipinski definition) is 3. The Bertz CT molecular complexity index is 1390. The van der Waals surface area contributed by atoms with Crippen LogP contribution in [0.3, 0.4) is 0 Å². The Morgan fingerprint density at radius 3 is 2.40 bits per heavy atom. The molecule has 3 aromatic carbocycles. The van der Waals surface area contributed by atoms with Gasteiger partial charge in [-0.1, -0.05) is 74.6 Å². The molecule has 3 aromatic rings. The number of methoxy groups -OCH3 is 1. The van der Waals surface area contributed by atoms with Crippen LogP contribution in [0.5, 0.6) is 5.75 Å². The molecule has 7 nitrogen and oxygen atoms in total. The SMILES string of the molecule is COc1ccc(COC(CC2CCCCC2)CC(O)c2ccc(C(=O)N[C@@H](CCSC)C(=O)O)c(-c3ccccc3C)c2)cc1. The summed E-state index contributed by atoms with van der Waals surface area (Å²) in [4.78, 5) is 25.4. The number of carboxylic acids is 1. The summed E-state index contributed by atoms with van der Waals surface area (Å²) in [6.07, 6.45) is 8.76. The van der Waals surface area contributed by atoms with Crippen LogP contribution >= 0.6 is 11.8 Å². The summed E-state index contributed by atoms with van der Waals surface area (Å²) in [5.41, 5.74) is 4.64. The Labute approximate surface area is 271 Å². The fraction of sp³-hybridized carbons (Fsp3) is 0.459. The van der Waals surface area contributed by atoms with Crippen molar-refractivity contribution in [3.63, 3.8) is 0 Å². The van der Waals surface area contributed by atoms with Crippen LogP contribution in [0.4, 0.5) is 0 Å². The number of aliphatic carboxylic acids is 1. The highest BCUT2D eigenvalue weighted by Crippen LogP contribution is 2.34. The number of ether oxygens (including phenoxy) is 2. The van der Waals surface area contributed by atoms with Gasteiger partial charge in [-0.15, -0.1) is 0 Å². The van der Waals surface area contributed by atoms with Gasteiger partial charge in [0.1, 0.15) is 11.8 Å². The van der Waals surface area contributed by atoms with Crippen LogP contribution in [0.15, 0.2) is 66.7 Å². The standard InChI is InChI=1S/C37H47NO6S/c1-25-9-7-8-12-31(25)33-22-28(15-18-32(33)36(40)38-34(37(41)42)19-20-45-3)35(39)23-30(21-26-10-5-4-6-11-26)44-24-27-13-16-29(43-2)17-14-27/h7-9,12-18,22,26,30,34-35,39H,4-6,10-11,19-21,23-24H2,1-3H3,(H,38,40)(H,41,42)/t30?,34-,35?/m0/s1. The maximum Gasteiger partial charge on any atom is 0.326 e. The van der Waals surface area contributed by atoms with Gasteiger partial charge in [0.15, 0.2) is 0 Å². The van der Waals surface area contributed by atoms with Crippen LogP contribution in [0, 0.1) is 12.8 Å². The lowest BCUT2D eigenvalue weighted by Gasteiger charge is -2.28. The van der Waals surface area contributed by atoms with Crippen molar-refractivity contribution in [1.29, 1.82) is 0 Å². The second kappa shape index (κ2) is 17.4. The molecule has 8 heteroatoms. The molecule has 0 spiro atoms. The van der Waals surface area contributed by atoms with Gasteiger partial charge < -0.3 is 25.0 Å². The number of thioether (sulfide) groups is 1. The van der Waals surface area contributed by atoms with E-state index < -0.39 is 24.0 Å². The van der Waals surface area contributed by atoms with Crippen molar-refractivity contribution in [2.24, 2.45) is 5.92 Å². The zero-order chi connectivity index (χ0) is 32.2. The molecule has 1 aliphatic carbocycles. The van der Waals surface area contributed by atoms with Crippen LogP contribution in [-0.4, -0.2) is 53.4 Å². The normalized spacial score (nSPS) is 15.6. The van der Waals surface area contributed by atoms with Crippen molar-refractivity contribution in [3.05, 3.63) is 89.0 Å². The van der Waals surface area contributed by atoms with Crippen LogP contribution in [0.2, 0.25) is 0 Å². The zero-order valence-electron chi connectivity index (χ0n) is 26.7. The van der Waals surface area contributed by atoms with Crippen LogP contribution < -0.4 is 10.1 Å². The number of carbonyl (C=O) groups excluding carboxylic acids is 1. The van der Waals surface area contributed by atoms with E-state index in [-0.39, 0.29) is 6.10 Å². The highest BCUT2D eigenvalue weighted by Gasteiger charge is 2.26. The van der Waals surface area contributed by atoms with E-state index in [1.807, 2.05) is 67.8 Å². The summed E-state index contributed by atoms with van der Waals surface area (Å²) in [6, 6.07) is 20.0. The Hall–Kier alpha value is -3.33. The molecule has 0 radical (unpaired) electrons. The van der Waals surface area contributed by atoms with Gasteiger partial charge in [0.25, 0.3) is 5.91 Å². The van der Waals surface area contributed by atoms with Gasteiger partial charge in [-0.25, -0.2) is 4.79 Å². The van der Waals surface area contributed by atoms with E-state index in [0.717, 1.165) is 28.9 Å². The number of carboxylic acid groups (broad SMARTS) is 1. The molecule has 0 heterocycles. The van der Waals surface area contributed by atoms with E-state index in [1.165, 1.54) is 43.9 Å². The third-order valence-corrected chi connectivity index (χ3v) is 9.42. The molecule has 1 aliphatic rings. The minimum absolute atomic E-state index is 0.136. The van der Waals surface area contributed by atoms with Gasteiger partial charge in [-0.2, -0.15) is 11.8 Å². The maximum atomic E-state index is 13.5. The van der Waals surface area contributed by atoms with E-state index >= 15 is 0 Å². The van der Waals surface area contributed by atoms with Crippen molar-refractivity contribution >= 4 is 23.6 Å². The van der Waals surface area contributed by atoms with E-state index in [1.54, 1.807) is 19.2 Å². The van der Waals surface area contributed by atoms with E-state index in [0.29, 0.717) is 47.8 Å². The summed E-state index contributed by atoms with van der Waals surface area (Å²) >= 11 is 1.54. The van der Waals surface area contributed by atoms with Crippen LogP contribution in [0.25, 0.3) is 11.1 Å². The topological polar surface area (TPSA) is 105 Å². The van der Waals surface area contributed by atoms with Crippen LogP contribution in [0.1, 0.15) is 84.5 Å². The predicted octanol–water partition coefficient (Wildman–Crippen LogP) is 7.59. The molecule has 3 N–H and O–H groups in total. The van der Waals surface area contributed by atoms with E-state index in [9.17, 15) is 19.8 Å². The minimum atomic E-state index is -1.06. The number of benzene rings is 3. The van der Waals surface area contributed by atoms with Gasteiger partial charge in [-0.05, 0) is 89.8 Å². The number of amides is 1. The second-order valence-corrected chi connectivity index (χ2v) is 13.0. The largest absolute Gasteiger partial charge is 0.497 e. The second-order valence-electron chi connectivity index (χ2n) is 12.0. The Morgan fingerprint density at radius 2 is 1.73 bits per heavy atom. The number of nitrogens with one attached hydrogen (secondary N) is 1. The Kier molecular flexibility index (Phi) is 13.3. The molecule has 1 fully saturated rings. The first-order chi connectivity index (χ1) is 21.8. The molecule has 3 atom stereocenters. The minimum Gasteiger partial charge on any atom is -0.497 e. The molecule has 1 saturated carbocycles. The molecular weight excluding hydrogens is 586 g/mol. The number of aliphatic hydroxyl groups is 1. The van der Waals surface area contributed by atoms with Gasteiger partial charge in [0.2, 0.25) is 0 Å². The average molecular weight is 634 g/mol. The first-order valence-corrected chi connectivity index (χ1v) is 17.3. The van der Waals surface area contributed by atoms with Crippen LogP contribution in [-0.2, 0) is 16.1 Å². The monoisotopic (exact) mass is 633 g/mol. The lowest BCUT2D eigenvalue weighted by Crippen LogP contribution is -2.41. The fourth-order valence-electron chi connectivity index (χ4n) is 6.14. The summed E-state index contributed by atoms with van der Waals surface area (Å²) in [5, 5.41) is 24.0. The van der Waals surface area contributed by atoms with Crippen molar-refractivity contribution in [3.8, 4) is 16.9 Å². The molecule has 2 unspecified atom stereocenters. The van der Waals surface area contributed by atoms with Crippen molar-refractivity contribution in [2.45, 2.75) is 83.1 Å². The molecule has 0 saturated heterocycles. The molecule has 0 aliphatic heterocycles. The number of rotatable bonds is 16. The summed E-state index contributed by atoms with van der Waals surface area (Å²) in [5.74, 6) is 0.498. The van der Waals surface area contributed by atoms with Gasteiger partial charge in [0, 0.05) is 12.0 Å². The number of aryl methyl sites for hydroxylation is 1. The highest BCUT2D eigenvalue weighted by atomic mass is 32.2. The van der Waals surface area contributed by atoms with Crippen molar-refractivity contribution in [2.75, 3.05) is 19.1 Å². The van der Waals surface area contributed by atoms with E-state index in [4.69, 9.17) is 9.47 Å². The van der Waals surface area contributed by atoms with Gasteiger partial charge in [0.05, 0.1) is 25.9 Å². The first-order valence-electron chi connectivity index (χ1n) is 15.9. The van der Waals surface area contributed by atoms with Gasteiger partial charge >= 0.3 is 5.97 Å². The summed E-state index contributed by atoms with van der Waals surface area (Å²) < 4.78 is 11.8. The Balaban J connectivity index is 1.58. The Morgan fingerprint density at radius 1 is 1.00 bits per heavy atom. The number of carbonyl (C=O) groups is 2. The number of hydrogen-bond acceptors (Lipinski definition) is 6. The van der Waals surface area contributed by atoms with Crippen molar-refractivity contribution in [1.82, 2.24) is 5.32 Å². The molecule has 45 heavy (non-hydrogen) atoms. The molecule has 1 amide bonds. The van der Waals surface area contributed by atoms with Crippen molar-refractivity contribution < 1.29 is 29.3 Å². The predicted molar refractivity (Wildman–Crippen MR) is 181 cm³/mol. The fourth-order valence-corrected chi connectivity index (χ4v) is 6.61. The van der Waals surface area contributed by atoms with Gasteiger partial charge in [-0.3, -0.25) is 4.79 Å². The molecule has 0 aromatic heterocycles. The quantitative estimate of drug-likeness (QED) is 0.149. The molecule has 242 valence electrons. The lowest BCUT2D eigenvalue weighted by molar-refractivity contribution is -0.139. The molecule has 0 bridgehead atoms. The zero-order valence-corrected chi connectivity index (χ0v) is 27.5.